The summed E-state index contributed by atoms with van der Waals surface area (Å²) in [6.45, 7) is 7.38. The molecule has 7 nitrogen and oxygen atoms in total. The Hall–Kier alpha value is -3.65. The number of hydrogen-bond acceptors (Lipinski definition) is 5. The predicted molar refractivity (Wildman–Crippen MR) is 148 cm³/mol. The summed E-state index contributed by atoms with van der Waals surface area (Å²) in [5.41, 5.74) is 4.34. The van der Waals surface area contributed by atoms with E-state index < -0.39 is 5.91 Å². The van der Waals surface area contributed by atoms with E-state index in [-0.39, 0.29) is 11.4 Å². The highest BCUT2D eigenvalue weighted by Crippen LogP contribution is 2.33. The van der Waals surface area contributed by atoms with Crippen LogP contribution in [-0.2, 0) is 11.3 Å². The number of para-hydroxylation sites is 2. The molecule has 0 bridgehead atoms. The Morgan fingerprint density at radius 2 is 1.89 bits per heavy atom. The Kier molecular flexibility index (Phi) is 6.78. The molecule has 1 N–H and O–H groups in total. The zero-order valence-electron chi connectivity index (χ0n) is 20.7. The largest absolute Gasteiger partial charge is 0.491 e. The molecule has 2 aromatic carbocycles. The number of amidine groups is 2. The number of carbonyl (C=O) groups excluding carboxylic acids is 1. The van der Waals surface area contributed by atoms with Crippen LogP contribution in [0.3, 0.4) is 0 Å². The number of aliphatic imine (C=N–C) groups is 1. The van der Waals surface area contributed by atoms with E-state index >= 15 is 0 Å². The maximum absolute atomic E-state index is 13.0. The average molecular weight is 500 g/mol. The number of amides is 1. The summed E-state index contributed by atoms with van der Waals surface area (Å²) in [6, 6.07) is 16.1. The summed E-state index contributed by atoms with van der Waals surface area (Å²) in [5, 5.41) is 17.2. The molecule has 0 saturated carbocycles. The summed E-state index contributed by atoms with van der Waals surface area (Å²) in [7, 11) is 0. The van der Waals surface area contributed by atoms with Crippen LogP contribution in [0.5, 0.6) is 5.75 Å². The number of hydrazone groups is 1. The van der Waals surface area contributed by atoms with Gasteiger partial charge in [-0.3, -0.25) is 10.2 Å². The molecule has 3 aromatic rings. The topological polar surface area (TPSA) is 83.0 Å². The van der Waals surface area contributed by atoms with Crippen molar-refractivity contribution in [3.63, 3.8) is 0 Å². The molecule has 3 heterocycles. The first-order valence-corrected chi connectivity index (χ1v) is 13.0. The second-order valence-corrected chi connectivity index (χ2v) is 9.94. The fourth-order valence-electron chi connectivity index (χ4n) is 4.50. The highest BCUT2D eigenvalue weighted by atomic mass is 32.2. The molecule has 2 aliphatic heterocycles. The second-order valence-electron chi connectivity index (χ2n) is 8.90. The average Bonchev–Trinajstić information content (AvgIpc) is 3.40. The third-order valence-electron chi connectivity index (χ3n) is 6.47. The highest BCUT2D eigenvalue weighted by molar-refractivity contribution is 8.26. The van der Waals surface area contributed by atoms with Crippen molar-refractivity contribution in [3.05, 3.63) is 70.9 Å². The molecule has 0 atom stereocenters. The summed E-state index contributed by atoms with van der Waals surface area (Å²) in [6.07, 6.45) is 4.70. The van der Waals surface area contributed by atoms with E-state index in [0.717, 1.165) is 57.8 Å². The van der Waals surface area contributed by atoms with Gasteiger partial charge in [0.15, 0.2) is 5.84 Å². The maximum atomic E-state index is 13.0. The van der Waals surface area contributed by atoms with E-state index in [2.05, 4.69) is 27.7 Å². The number of unbranched alkanes of at least 4 members (excludes halogenated alkanes) is 1. The lowest BCUT2D eigenvalue weighted by molar-refractivity contribution is -0.114. The predicted octanol–water partition coefficient (Wildman–Crippen LogP) is 6.15. The van der Waals surface area contributed by atoms with Crippen molar-refractivity contribution in [2.75, 3.05) is 6.61 Å². The zero-order chi connectivity index (χ0) is 25.2. The number of rotatable bonds is 8. The van der Waals surface area contributed by atoms with Gasteiger partial charge in [-0.15, -0.1) is 0 Å². The van der Waals surface area contributed by atoms with Crippen molar-refractivity contribution in [3.8, 4) is 5.75 Å². The molecule has 36 heavy (non-hydrogen) atoms. The molecule has 0 spiro atoms. The fourth-order valence-corrected chi connectivity index (χ4v) is 5.43. The molecule has 184 valence electrons. The van der Waals surface area contributed by atoms with Gasteiger partial charge < -0.3 is 9.30 Å². The lowest BCUT2D eigenvalue weighted by atomic mass is 10.1. The number of aryl methyl sites for hydroxylation is 1. The molecule has 0 aliphatic carbocycles. The number of aromatic nitrogens is 1. The molecule has 0 unspecified atom stereocenters. The number of benzene rings is 2. The SMILES string of the molecule is CCCCC1=NN2C(=N)C(=Cc3c(C)n(CCOc4ccccc4C)c4ccccc34)C(=O)N=C2S1. The van der Waals surface area contributed by atoms with Crippen LogP contribution in [-0.4, -0.2) is 38.1 Å². The van der Waals surface area contributed by atoms with E-state index in [0.29, 0.717) is 18.3 Å². The number of nitrogens with zero attached hydrogens (tertiary/aromatic N) is 4. The molecule has 8 heteroatoms. The molecule has 0 radical (unpaired) electrons. The Labute approximate surface area is 215 Å². The number of carbonyl (C=O) groups is 1. The summed E-state index contributed by atoms with van der Waals surface area (Å²) >= 11 is 1.39. The number of fused-ring (bicyclic) bond motifs is 2. The van der Waals surface area contributed by atoms with Crippen molar-refractivity contribution in [2.24, 2.45) is 10.1 Å². The standard InChI is InChI=1S/C28H29N5O2S/c1-4-5-14-25-31-33-26(29)22(27(34)30-28(33)36-25)17-21-19(3)32(23-12-8-7-11-20(21)23)15-16-35-24-13-9-6-10-18(24)2/h6-13,17,29H,4-5,14-16H2,1-3H3. The van der Waals surface area contributed by atoms with Crippen LogP contribution >= 0.6 is 11.8 Å². The maximum Gasteiger partial charge on any atom is 0.283 e. The summed E-state index contributed by atoms with van der Waals surface area (Å²) < 4.78 is 8.26. The molecule has 1 aromatic heterocycles. The molecule has 0 fully saturated rings. The van der Waals surface area contributed by atoms with Crippen LogP contribution < -0.4 is 4.74 Å². The number of hydrogen-bond donors (Lipinski definition) is 1. The number of ether oxygens (including phenoxy) is 1. The van der Waals surface area contributed by atoms with Gasteiger partial charge >= 0.3 is 0 Å². The third kappa shape index (κ3) is 4.48. The van der Waals surface area contributed by atoms with Gasteiger partial charge in [0.2, 0.25) is 5.17 Å². The van der Waals surface area contributed by atoms with E-state index in [1.807, 2.05) is 56.3 Å². The van der Waals surface area contributed by atoms with Crippen LogP contribution in [0.4, 0.5) is 0 Å². The van der Waals surface area contributed by atoms with E-state index in [1.54, 1.807) is 6.08 Å². The van der Waals surface area contributed by atoms with Gasteiger partial charge in [0.25, 0.3) is 5.91 Å². The van der Waals surface area contributed by atoms with Crippen LogP contribution in [0, 0.1) is 19.3 Å². The second kappa shape index (κ2) is 10.1. The molecule has 2 aliphatic rings. The minimum absolute atomic E-state index is 0.0723. The van der Waals surface area contributed by atoms with Crippen molar-refractivity contribution in [1.82, 2.24) is 9.58 Å². The molecule has 5 rings (SSSR count). The van der Waals surface area contributed by atoms with Gasteiger partial charge in [0.05, 0.1) is 12.1 Å². The van der Waals surface area contributed by atoms with E-state index in [9.17, 15) is 4.79 Å². The van der Waals surface area contributed by atoms with Crippen molar-refractivity contribution in [2.45, 2.75) is 46.6 Å². The lowest BCUT2D eigenvalue weighted by Gasteiger charge is -2.20. The monoisotopic (exact) mass is 499 g/mol. The first-order chi connectivity index (χ1) is 17.5. The molecular weight excluding hydrogens is 470 g/mol. The van der Waals surface area contributed by atoms with Crippen molar-refractivity contribution in [1.29, 1.82) is 5.41 Å². The number of nitrogens with one attached hydrogen (secondary N) is 1. The van der Waals surface area contributed by atoms with Crippen LogP contribution in [0.2, 0.25) is 0 Å². The van der Waals surface area contributed by atoms with Gasteiger partial charge in [0.1, 0.15) is 17.4 Å². The third-order valence-corrected chi connectivity index (χ3v) is 7.44. The van der Waals surface area contributed by atoms with E-state index in [4.69, 9.17) is 10.1 Å². The fraction of sp³-hybridized carbons (Fsp3) is 0.286. The van der Waals surface area contributed by atoms with Crippen LogP contribution in [0.25, 0.3) is 17.0 Å². The summed E-state index contributed by atoms with van der Waals surface area (Å²) in [4.78, 5) is 17.2. The van der Waals surface area contributed by atoms with Gasteiger partial charge in [-0.1, -0.05) is 49.7 Å². The molecular formula is C28H29N5O2S. The van der Waals surface area contributed by atoms with Crippen LogP contribution in [0.15, 0.2) is 64.2 Å². The quantitative estimate of drug-likeness (QED) is 0.377. The Balaban J connectivity index is 1.45. The van der Waals surface area contributed by atoms with Gasteiger partial charge in [-0.05, 0) is 62.2 Å². The highest BCUT2D eigenvalue weighted by Gasteiger charge is 2.35. The Morgan fingerprint density at radius 3 is 2.69 bits per heavy atom. The Morgan fingerprint density at radius 1 is 1.11 bits per heavy atom. The van der Waals surface area contributed by atoms with E-state index in [1.165, 1.54) is 16.8 Å². The van der Waals surface area contributed by atoms with Crippen LogP contribution in [0.1, 0.15) is 43.0 Å². The minimum atomic E-state index is -0.398. The lowest BCUT2D eigenvalue weighted by Crippen LogP contribution is -2.35. The van der Waals surface area contributed by atoms with Crippen molar-refractivity contribution >= 4 is 50.7 Å². The zero-order valence-corrected chi connectivity index (χ0v) is 21.6. The van der Waals surface area contributed by atoms with Crippen molar-refractivity contribution < 1.29 is 9.53 Å². The minimum Gasteiger partial charge on any atom is -0.491 e. The summed E-state index contributed by atoms with van der Waals surface area (Å²) in [5.74, 6) is 0.555. The number of thioether (sulfide) groups is 1. The molecule has 0 saturated heterocycles. The molecule has 1 amide bonds. The first kappa shape index (κ1) is 24.1. The first-order valence-electron chi connectivity index (χ1n) is 12.2. The Bertz CT molecular complexity index is 1450. The normalized spacial score (nSPS) is 16.5. The van der Waals surface area contributed by atoms with Gasteiger partial charge in [-0.25, -0.2) is 0 Å². The van der Waals surface area contributed by atoms with Gasteiger partial charge in [-0.2, -0.15) is 15.1 Å². The smallest absolute Gasteiger partial charge is 0.283 e. The van der Waals surface area contributed by atoms with Gasteiger partial charge in [0, 0.05) is 22.2 Å².